The topological polar surface area (TPSA) is 170 Å². The van der Waals surface area contributed by atoms with Crippen LogP contribution in [0.15, 0.2) is 41.4 Å². The van der Waals surface area contributed by atoms with Crippen LogP contribution in [0.3, 0.4) is 0 Å². The van der Waals surface area contributed by atoms with Gasteiger partial charge in [-0.1, -0.05) is 22.8 Å². The number of aromatic nitrogens is 7. The number of hydrogen-bond acceptors (Lipinski definition) is 9. The number of aryl methyl sites for hydroxylation is 1. The van der Waals surface area contributed by atoms with E-state index in [2.05, 4.69) is 35.9 Å². The van der Waals surface area contributed by atoms with Gasteiger partial charge in [-0.25, -0.2) is 26.6 Å². The highest BCUT2D eigenvalue weighted by Crippen LogP contribution is 2.36. The van der Waals surface area contributed by atoms with Crippen LogP contribution in [0, 0.1) is 17.5 Å². The molecule has 0 spiro atoms. The minimum Gasteiger partial charge on any atom is -0.480 e. The Bertz CT molecular complexity index is 1910. The number of pyridine rings is 1. The van der Waals surface area contributed by atoms with Gasteiger partial charge in [0.05, 0.1) is 30.4 Å². The number of nitrogens with one attached hydrogen (secondary N) is 3. The number of carbonyl (C=O) groups is 1. The Labute approximate surface area is 227 Å². The fourth-order valence-corrected chi connectivity index (χ4v) is 5.17. The molecule has 5 aromatic rings. The molecule has 3 heterocycles. The predicted molar refractivity (Wildman–Crippen MR) is 135 cm³/mol. The van der Waals surface area contributed by atoms with Gasteiger partial charge in [0.1, 0.15) is 17.0 Å². The lowest BCUT2D eigenvalue weighted by Gasteiger charge is -2.14. The third kappa shape index (κ3) is 4.75. The maximum Gasteiger partial charge on any atom is 0.276 e. The summed E-state index contributed by atoms with van der Waals surface area (Å²) in [5.74, 6) is -5.02. The summed E-state index contributed by atoms with van der Waals surface area (Å²) >= 11 is 5.85. The maximum atomic E-state index is 15.6. The van der Waals surface area contributed by atoms with Crippen LogP contribution in [0.5, 0.6) is 5.88 Å². The number of rotatable bonds is 7. The van der Waals surface area contributed by atoms with Gasteiger partial charge in [-0.15, -0.1) is 5.10 Å². The summed E-state index contributed by atoms with van der Waals surface area (Å²) in [5, 5.41) is 19.4. The van der Waals surface area contributed by atoms with Crippen LogP contribution in [0.2, 0.25) is 5.02 Å². The van der Waals surface area contributed by atoms with Crippen molar-refractivity contribution >= 4 is 50.1 Å². The van der Waals surface area contributed by atoms with Crippen LogP contribution in [-0.2, 0) is 17.1 Å². The number of hydrogen-bond donors (Lipinski definition) is 3. The lowest BCUT2D eigenvalue weighted by atomic mass is 10.0. The monoisotopic (exact) mass is 593 g/mol. The van der Waals surface area contributed by atoms with Crippen LogP contribution >= 0.6 is 11.6 Å². The molecule has 40 heavy (non-hydrogen) atoms. The number of halogens is 4. The van der Waals surface area contributed by atoms with E-state index in [-0.39, 0.29) is 27.9 Å². The minimum atomic E-state index is -4.54. The van der Waals surface area contributed by atoms with Crippen molar-refractivity contribution in [2.75, 3.05) is 17.1 Å². The molecule has 0 radical (unpaired) electrons. The zero-order valence-corrected chi connectivity index (χ0v) is 21.8. The summed E-state index contributed by atoms with van der Waals surface area (Å²) in [7, 11) is -1.90. The van der Waals surface area contributed by atoms with Crippen molar-refractivity contribution in [2.45, 2.75) is 4.90 Å². The highest BCUT2D eigenvalue weighted by molar-refractivity contribution is 7.92. The molecule has 18 heteroatoms. The summed E-state index contributed by atoms with van der Waals surface area (Å²) in [5.41, 5.74) is -2.75. The molecule has 0 aliphatic rings. The number of amides is 1. The van der Waals surface area contributed by atoms with Gasteiger partial charge in [-0.2, -0.15) is 9.90 Å². The Morgan fingerprint density at radius 3 is 2.62 bits per heavy atom. The van der Waals surface area contributed by atoms with Gasteiger partial charge < -0.3 is 4.74 Å². The number of nitrogens with zero attached hydrogens (tertiary/aromatic N) is 6. The third-order valence-corrected chi connectivity index (χ3v) is 7.07. The normalized spacial score (nSPS) is 11.6. The average Bonchev–Trinajstić information content (AvgIpc) is 3.53. The Hall–Kier alpha value is -4.77. The molecule has 206 valence electrons. The van der Waals surface area contributed by atoms with Gasteiger partial charge in [-0.3, -0.25) is 19.9 Å². The Kier molecular flexibility index (Phi) is 6.76. The van der Waals surface area contributed by atoms with E-state index in [0.717, 1.165) is 35.3 Å². The van der Waals surface area contributed by atoms with Gasteiger partial charge in [0.15, 0.2) is 16.5 Å². The average molecular weight is 594 g/mol. The van der Waals surface area contributed by atoms with Gasteiger partial charge in [0.25, 0.3) is 21.9 Å². The van der Waals surface area contributed by atoms with Crippen LogP contribution in [0.1, 0.15) is 10.5 Å². The van der Waals surface area contributed by atoms with Gasteiger partial charge in [-0.05, 0) is 29.5 Å². The molecule has 0 aliphatic heterocycles. The van der Waals surface area contributed by atoms with E-state index in [1.807, 2.05) is 4.72 Å². The van der Waals surface area contributed by atoms with E-state index >= 15 is 8.78 Å². The van der Waals surface area contributed by atoms with E-state index in [9.17, 15) is 17.6 Å². The number of aromatic amines is 1. The van der Waals surface area contributed by atoms with E-state index in [4.69, 9.17) is 16.3 Å². The number of methoxy groups -OCH3 is 1. The zero-order chi connectivity index (χ0) is 28.8. The number of carbonyl (C=O) groups excluding carboxylic acids is 1. The van der Waals surface area contributed by atoms with Crippen molar-refractivity contribution < 1.29 is 31.1 Å². The standard InChI is InChI=1S/C22H15ClF3N9O4S/c1-35-32-22(31-34-35)28-20(36)19-11-4-3-10(16(25)18(11)29-30-19)15-12(24)5-6-13(17(15)26)33-40(37,38)14-7-9(23)8-27-21(14)39-2/h3-8,33H,1-2H3,(H,29,30)(H,28,32,36). The fourth-order valence-electron chi connectivity index (χ4n) is 3.74. The second kappa shape index (κ2) is 10.1. The quantitative estimate of drug-likeness (QED) is 0.256. The Morgan fingerprint density at radius 2 is 1.93 bits per heavy atom. The second-order valence-electron chi connectivity index (χ2n) is 8.03. The van der Waals surface area contributed by atoms with E-state index in [0.29, 0.717) is 0 Å². The molecule has 2 aromatic carbocycles. The summed E-state index contributed by atoms with van der Waals surface area (Å²) in [6, 6.07) is 4.84. The summed E-state index contributed by atoms with van der Waals surface area (Å²) in [4.78, 5) is 17.0. The third-order valence-electron chi connectivity index (χ3n) is 5.50. The molecule has 0 bridgehead atoms. The van der Waals surface area contributed by atoms with Crippen molar-refractivity contribution in [3.63, 3.8) is 0 Å². The van der Waals surface area contributed by atoms with Crippen molar-refractivity contribution in [1.82, 2.24) is 35.4 Å². The van der Waals surface area contributed by atoms with Crippen molar-refractivity contribution in [3.05, 3.63) is 64.7 Å². The number of fused-ring (bicyclic) bond motifs is 1. The first kappa shape index (κ1) is 26.8. The lowest BCUT2D eigenvalue weighted by molar-refractivity contribution is 0.102. The first-order valence-electron chi connectivity index (χ1n) is 10.9. The zero-order valence-electron chi connectivity index (χ0n) is 20.2. The molecule has 0 fully saturated rings. The molecule has 5 rings (SSSR count). The molecule has 3 aromatic heterocycles. The number of sulfonamides is 1. The largest absolute Gasteiger partial charge is 0.480 e. The molecular formula is C22H15ClF3N9O4S. The summed E-state index contributed by atoms with van der Waals surface area (Å²) in [6.45, 7) is 0. The maximum absolute atomic E-state index is 15.6. The second-order valence-corrected chi connectivity index (χ2v) is 10.1. The van der Waals surface area contributed by atoms with Crippen molar-refractivity contribution in [1.29, 1.82) is 0 Å². The molecule has 13 nitrogen and oxygen atoms in total. The fraction of sp³-hybridized carbons (Fsp3) is 0.0909. The first-order chi connectivity index (χ1) is 19.0. The van der Waals surface area contributed by atoms with Crippen molar-refractivity contribution in [2.24, 2.45) is 7.05 Å². The smallest absolute Gasteiger partial charge is 0.276 e. The predicted octanol–water partition coefficient (Wildman–Crippen LogP) is 3.28. The minimum absolute atomic E-state index is 0.0131. The highest BCUT2D eigenvalue weighted by Gasteiger charge is 2.27. The summed E-state index contributed by atoms with van der Waals surface area (Å²) < 4.78 is 78.8. The number of ether oxygens (including phenoxy) is 1. The van der Waals surface area contributed by atoms with Crippen LogP contribution in [-0.4, -0.2) is 56.8 Å². The van der Waals surface area contributed by atoms with Gasteiger partial charge in [0.2, 0.25) is 5.88 Å². The molecule has 0 saturated heterocycles. The molecule has 0 atom stereocenters. The SMILES string of the molecule is COc1ncc(Cl)cc1S(=O)(=O)Nc1ccc(F)c(-c2ccc3c(C(=O)Nc4nnn(C)n4)[nH]nc3c2F)c1F. The lowest BCUT2D eigenvalue weighted by Crippen LogP contribution is -2.16. The van der Waals surface area contributed by atoms with E-state index in [1.165, 1.54) is 20.2 Å². The molecule has 3 N–H and O–H groups in total. The van der Waals surface area contributed by atoms with Gasteiger partial charge >= 0.3 is 0 Å². The Morgan fingerprint density at radius 1 is 1.15 bits per heavy atom. The van der Waals surface area contributed by atoms with Crippen LogP contribution < -0.4 is 14.8 Å². The van der Waals surface area contributed by atoms with Gasteiger partial charge in [0, 0.05) is 17.1 Å². The van der Waals surface area contributed by atoms with Crippen LogP contribution in [0.4, 0.5) is 24.8 Å². The number of anilines is 2. The highest BCUT2D eigenvalue weighted by atomic mass is 35.5. The van der Waals surface area contributed by atoms with Crippen LogP contribution in [0.25, 0.3) is 22.0 Å². The molecule has 0 saturated carbocycles. The molecule has 1 amide bonds. The summed E-state index contributed by atoms with van der Waals surface area (Å²) in [6.07, 6.45) is 1.14. The number of benzene rings is 2. The molecular weight excluding hydrogens is 579 g/mol. The number of tetrazole rings is 1. The van der Waals surface area contributed by atoms with E-state index in [1.54, 1.807) is 0 Å². The molecule has 0 unspecified atom stereocenters. The first-order valence-corrected chi connectivity index (χ1v) is 12.8. The Balaban J connectivity index is 1.53. The van der Waals surface area contributed by atoms with Crippen molar-refractivity contribution in [3.8, 4) is 17.0 Å². The number of H-pyrrole nitrogens is 1. The van der Waals surface area contributed by atoms with E-state index < -0.39 is 60.6 Å². The molecule has 0 aliphatic carbocycles.